The third kappa shape index (κ3) is 7.66. The van der Waals surface area contributed by atoms with Crippen LogP contribution in [-0.4, -0.2) is 16.1 Å². The van der Waals surface area contributed by atoms with Crippen LogP contribution < -0.4 is 25.4 Å². The largest absolute Gasteiger partial charge is 0.496 e. The molecule has 0 aliphatic rings. The van der Waals surface area contributed by atoms with Gasteiger partial charge in [-0.2, -0.15) is 0 Å². The van der Waals surface area contributed by atoms with Crippen LogP contribution in [0.25, 0.3) is 0 Å². The van der Waals surface area contributed by atoms with E-state index in [4.69, 9.17) is 4.74 Å². The predicted octanol–water partition coefficient (Wildman–Crippen LogP) is 8.19. The van der Waals surface area contributed by atoms with Crippen LogP contribution in [0.5, 0.6) is 5.75 Å². The van der Waals surface area contributed by atoms with E-state index in [2.05, 4.69) is 143 Å². The quantitative estimate of drug-likeness (QED) is 0.204. The first kappa shape index (κ1) is 33.1. The molecule has 3 nitrogen and oxygen atoms in total. The zero-order chi connectivity index (χ0) is 31.6. The van der Waals surface area contributed by atoms with Crippen molar-refractivity contribution >= 4 is 34.8 Å². The van der Waals surface area contributed by atoms with Gasteiger partial charge in [-0.3, -0.25) is 0 Å². The monoisotopic (exact) mass is 613 g/mol. The topological polar surface area (TPSA) is 38.3 Å². The molecule has 0 spiro atoms. The van der Waals surface area contributed by atoms with Crippen molar-refractivity contribution in [2.75, 3.05) is 7.11 Å². The van der Waals surface area contributed by atoms with E-state index in [1.165, 1.54) is 15.9 Å². The molecule has 43 heavy (non-hydrogen) atoms. The van der Waals surface area contributed by atoms with Gasteiger partial charge in [0.2, 0.25) is 0 Å². The lowest BCUT2D eigenvalue weighted by molar-refractivity contribution is 0.381. The zero-order valence-electron chi connectivity index (χ0n) is 27.5. The summed E-state index contributed by atoms with van der Waals surface area (Å²) < 4.78 is 23.2. The van der Waals surface area contributed by atoms with Crippen molar-refractivity contribution in [3.8, 4) is 5.75 Å². The fourth-order valence-electron chi connectivity index (χ4n) is 5.26. The SMILES string of the molecule is COc1c(C(C)(C)C)cc([C@@H](N[S@](=O)C(C)(C)C)c2ccccc2P(c2ccccc2)c2ccccc2)cc1C(C)(C)C. The van der Waals surface area contributed by atoms with Crippen LogP contribution in [-0.2, 0) is 21.8 Å². The summed E-state index contributed by atoms with van der Waals surface area (Å²) in [7, 11) is -0.422. The van der Waals surface area contributed by atoms with Crippen molar-refractivity contribution in [3.63, 3.8) is 0 Å². The van der Waals surface area contributed by atoms with Crippen LogP contribution in [0.3, 0.4) is 0 Å². The van der Waals surface area contributed by atoms with E-state index in [9.17, 15) is 4.21 Å². The first-order valence-corrected chi connectivity index (χ1v) is 17.5. The molecule has 0 bridgehead atoms. The Morgan fingerprint density at radius 1 is 0.674 bits per heavy atom. The Labute approximate surface area is 263 Å². The summed E-state index contributed by atoms with van der Waals surface area (Å²) in [6, 6.07) is 34.5. The molecule has 0 fully saturated rings. The Bertz CT molecular complexity index is 1470. The molecule has 0 radical (unpaired) electrons. The van der Waals surface area contributed by atoms with Gasteiger partial charge in [0.1, 0.15) is 5.75 Å². The maximum Gasteiger partial charge on any atom is 0.126 e. The molecule has 4 aromatic rings. The lowest BCUT2D eigenvalue weighted by Crippen LogP contribution is -2.38. The number of rotatable bonds is 8. The van der Waals surface area contributed by atoms with Gasteiger partial charge in [-0.1, -0.05) is 126 Å². The van der Waals surface area contributed by atoms with Crippen molar-refractivity contribution in [3.05, 3.63) is 119 Å². The number of hydrogen-bond acceptors (Lipinski definition) is 2. The molecular weight excluding hydrogens is 565 g/mol. The van der Waals surface area contributed by atoms with Gasteiger partial charge in [0.05, 0.1) is 28.9 Å². The molecule has 0 amide bonds. The molecule has 1 N–H and O–H groups in total. The summed E-state index contributed by atoms with van der Waals surface area (Å²) in [6.45, 7) is 19.5. The average molecular weight is 614 g/mol. The standard InChI is InChI=1S/C38H48NO2PS/c1-36(2,3)31-25-27(26-32(35(31)41-10)37(4,5)6)34(39-43(40)38(7,8)9)30-23-17-18-24-33(30)42(28-19-13-11-14-20-28)29-21-15-12-16-22-29/h11-26,34,39H,1-10H3/t34-,43-/m1/s1. The van der Waals surface area contributed by atoms with E-state index in [1.54, 1.807) is 7.11 Å². The first-order valence-electron chi connectivity index (χ1n) is 15.0. The van der Waals surface area contributed by atoms with E-state index in [0.29, 0.717) is 0 Å². The van der Waals surface area contributed by atoms with Gasteiger partial charge in [-0.05, 0) is 78.7 Å². The third-order valence-corrected chi connectivity index (χ3v) is 11.6. The maximum atomic E-state index is 13.9. The summed E-state index contributed by atoms with van der Waals surface area (Å²) in [6.07, 6.45) is 0. The van der Waals surface area contributed by atoms with E-state index < -0.39 is 23.7 Å². The molecule has 5 heteroatoms. The van der Waals surface area contributed by atoms with Crippen molar-refractivity contribution in [1.82, 2.24) is 4.72 Å². The fraction of sp³-hybridized carbons (Fsp3) is 0.368. The summed E-state index contributed by atoms with van der Waals surface area (Å²) >= 11 is 0. The minimum atomic E-state index is -1.32. The fourth-order valence-corrected chi connectivity index (χ4v) is 8.59. The van der Waals surface area contributed by atoms with E-state index >= 15 is 0 Å². The summed E-state index contributed by atoms with van der Waals surface area (Å²) in [5, 5.41) is 3.82. The zero-order valence-corrected chi connectivity index (χ0v) is 29.2. The molecule has 0 aliphatic carbocycles. The molecule has 0 heterocycles. The highest BCUT2D eigenvalue weighted by Crippen LogP contribution is 2.44. The molecule has 0 aromatic heterocycles. The van der Waals surface area contributed by atoms with Crippen LogP contribution in [0.1, 0.15) is 90.6 Å². The first-order chi connectivity index (χ1) is 20.1. The highest BCUT2D eigenvalue weighted by Gasteiger charge is 2.33. The minimum absolute atomic E-state index is 0.157. The van der Waals surface area contributed by atoms with Gasteiger partial charge in [-0.15, -0.1) is 0 Å². The van der Waals surface area contributed by atoms with Crippen LogP contribution in [0, 0.1) is 0 Å². The number of ether oxygens (including phenoxy) is 1. The van der Waals surface area contributed by atoms with Crippen LogP contribution in [0.15, 0.2) is 97.1 Å². The second kappa shape index (κ2) is 13.1. The Balaban J connectivity index is 2.06. The molecule has 0 aliphatic heterocycles. The van der Waals surface area contributed by atoms with E-state index in [-0.39, 0.29) is 16.9 Å². The van der Waals surface area contributed by atoms with Gasteiger partial charge in [0.15, 0.2) is 0 Å². The second-order valence-electron chi connectivity index (χ2n) is 14.1. The molecule has 4 aromatic carbocycles. The van der Waals surface area contributed by atoms with E-state index in [0.717, 1.165) is 28.0 Å². The molecule has 2 atom stereocenters. The molecule has 228 valence electrons. The molecule has 0 saturated heterocycles. The summed E-state index contributed by atoms with van der Waals surface area (Å²) in [4.78, 5) is 0. The Morgan fingerprint density at radius 3 is 1.53 bits per heavy atom. The Hall–Kier alpha value is -2.78. The predicted molar refractivity (Wildman–Crippen MR) is 188 cm³/mol. The molecule has 0 saturated carbocycles. The number of nitrogens with one attached hydrogen (secondary N) is 1. The van der Waals surface area contributed by atoms with Crippen LogP contribution in [0.2, 0.25) is 0 Å². The summed E-state index contributed by atoms with van der Waals surface area (Å²) in [5.41, 5.74) is 4.22. The van der Waals surface area contributed by atoms with Crippen molar-refractivity contribution in [2.45, 2.75) is 83.9 Å². The molecule has 4 rings (SSSR count). The van der Waals surface area contributed by atoms with Crippen molar-refractivity contribution < 1.29 is 8.95 Å². The van der Waals surface area contributed by atoms with Gasteiger partial charge in [0.25, 0.3) is 0 Å². The molecule has 0 unspecified atom stereocenters. The van der Waals surface area contributed by atoms with Gasteiger partial charge < -0.3 is 4.74 Å². The highest BCUT2D eigenvalue weighted by molar-refractivity contribution is 7.84. The lowest BCUT2D eigenvalue weighted by atomic mass is 9.77. The molecular formula is C38H48NO2PS. The number of hydrogen-bond donors (Lipinski definition) is 1. The Morgan fingerprint density at radius 2 is 1.12 bits per heavy atom. The number of methoxy groups -OCH3 is 1. The van der Waals surface area contributed by atoms with Crippen LogP contribution >= 0.6 is 7.92 Å². The smallest absolute Gasteiger partial charge is 0.126 e. The van der Waals surface area contributed by atoms with Gasteiger partial charge >= 0.3 is 0 Å². The third-order valence-electron chi connectivity index (χ3n) is 7.56. The van der Waals surface area contributed by atoms with Gasteiger partial charge in [0, 0.05) is 11.1 Å². The average Bonchev–Trinajstić information content (AvgIpc) is 2.95. The lowest BCUT2D eigenvalue weighted by Gasteiger charge is -2.33. The van der Waals surface area contributed by atoms with Crippen molar-refractivity contribution in [2.24, 2.45) is 0 Å². The number of benzene rings is 4. The van der Waals surface area contributed by atoms with Crippen LogP contribution in [0.4, 0.5) is 0 Å². The highest BCUT2D eigenvalue weighted by atomic mass is 32.2. The summed E-state index contributed by atoms with van der Waals surface area (Å²) in [5.74, 6) is 0.934. The minimum Gasteiger partial charge on any atom is -0.496 e. The second-order valence-corrected chi connectivity index (χ2v) is 18.3. The van der Waals surface area contributed by atoms with Crippen molar-refractivity contribution in [1.29, 1.82) is 0 Å². The Kier molecular flexibility index (Phi) is 10.1. The normalized spacial score (nSPS) is 14.0. The van der Waals surface area contributed by atoms with Gasteiger partial charge in [-0.25, -0.2) is 8.93 Å². The maximum absolute atomic E-state index is 13.9. The van der Waals surface area contributed by atoms with E-state index in [1.807, 2.05) is 20.8 Å².